The fraction of sp³-hybridized carbons (Fsp3) is 0.471. The second kappa shape index (κ2) is 6.94. The Morgan fingerprint density at radius 3 is 2.83 bits per heavy atom. The van der Waals surface area contributed by atoms with Crippen LogP contribution >= 0.6 is 0 Å². The number of rotatable bonds is 7. The van der Waals surface area contributed by atoms with E-state index in [1.54, 1.807) is 10.9 Å². The second-order valence-electron chi connectivity index (χ2n) is 6.47. The molecule has 1 atom stereocenters. The van der Waals surface area contributed by atoms with Crippen molar-refractivity contribution in [2.24, 2.45) is 0 Å². The fourth-order valence-corrected chi connectivity index (χ4v) is 5.03. The van der Waals surface area contributed by atoms with Gasteiger partial charge in [0, 0.05) is 24.8 Å². The summed E-state index contributed by atoms with van der Waals surface area (Å²) in [5.74, 6) is 1.27. The first kappa shape index (κ1) is 17.0. The predicted octanol–water partition coefficient (Wildman–Crippen LogP) is 1.59. The molecule has 1 unspecified atom stereocenters. The largest absolute Gasteiger partial charge is 0.492 e. The van der Waals surface area contributed by atoms with Crippen LogP contribution in [0.25, 0.3) is 0 Å². The number of hydrogen-bond acceptors (Lipinski definition) is 5. The first-order valence-corrected chi connectivity index (χ1v) is 9.92. The van der Waals surface area contributed by atoms with Gasteiger partial charge in [-0.25, -0.2) is 8.42 Å². The monoisotopic (exact) mass is 349 g/mol. The molecule has 1 N–H and O–H groups in total. The molecule has 0 spiro atoms. The molecule has 1 aliphatic rings. The number of hydrogen-bond donors (Lipinski definition) is 1. The zero-order valence-corrected chi connectivity index (χ0v) is 14.6. The van der Waals surface area contributed by atoms with E-state index in [-0.39, 0.29) is 11.5 Å². The van der Waals surface area contributed by atoms with Crippen LogP contribution in [0, 0.1) is 0 Å². The van der Waals surface area contributed by atoms with Crippen molar-refractivity contribution in [1.29, 1.82) is 0 Å². The van der Waals surface area contributed by atoms with Crippen molar-refractivity contribution < 1.29 is 13.2 Å². The summed E-state index contributed by atoms with van der Waals surface area (Å²) in [4.78, 5) is 0. The maximum Gasteiger partial charge on any atom is 0.152 e. The molecule has 2 heterocycles. The number of aromatic nitrogens is 2. The average Bonchev–Trinajstić information content (AvgIpc) is 3.13. The molecule has 3 rings (SSSR count). The molecule has 0 radical (unpaired) electrons. The highest BCUT2D eigenvalue weighted by atomic mass is 32.2. The summed E-state index contributed by atoms with van der Waals surface area (Å²) in [5, 5.41) is 7.67. The van der Waals surface area contributed by atoms with E-state index in [4.69, 9.17) is 4.74 Å². The van der Waals surface area contributed by atoms with Gasteiger partial charge in [-0.1, -0.05) is 18.2 Å². The fourth-order valence-electron chi connectivity index (χ4n) is 2.91. The molecule has 0 bridgehead atoms. The van der Waals surface area contributed by atoms with Gasteiger partial charge in [-0.2, -0.15) is 5.10 Å². The molecule has 130 valence electrons. The minimum absolute atomic E-state index is 0.166. The summed E-state index contributed by atoms with van der Waals surface area (Å²) in [6, 6.07) is 9.71. The number of nitrogens with one attached hydrogen (secondary N) is 1. The number of nitrogens with zero attached hydrogens (tertiary/aromatic N) is 2. The van der Waals surface area contributed by atoms with Gasteiger partial charge in [-0.3, -0.25) is 4.68 Å². The smallest absolute Gasteiger partial charge is 0.152 e. The van der Waals surface area contributed by atoms with Gasteiger partial charge in [0.2, 0.25) is 0 Å². The lowest BCUT2D eigenvalue weighted by atomic mass is 10.0. The summed E-state index contributed by atoms with van der Waals surface area (Å²) in [7, 11) is -2.94. The summed E-state index contributed by atoms with van der Waals surface area (Å²) < 4.78 is 30.9. The van der Waals surface area contributed by atoms with E-state index < -0.39 is 15.4 Å². The van der Waals surface area contributed by atoms with Crippen LogP contribution in [0.1, 0.15) is 18.9 Å². The lowest BCUT2D eigenvalue weighted by Crippen LogP contribution is -2.31. The van der Waals surface area contributed by atoms with Crippen molar-refractivity contribution in [1.82, 2.24) is 15.1 Å². The molecule has 6 nitrogen and oxygen atoms in total. The quantitative estimate of drug-likeness (QED) is 0.769. The Kier molecular flexibility index (Phi) is 4.91. The number of para-hydroxylation sites is 1. The third-order valence-corrected chi connectivity index (χ3v) is 6.18. The van der Waals surface area contributed by atoms with E-state index in [0.29, 0.717) is 19.6 Å². The topological polar surface area (TPSA) is 73.2 Å². The van der Waals surface area contributed by atoms with Crippen molar-refractivity contribution in [2.45, 2.75) is 25.4 Å². The zero-order chi connectivity index (χ0) is 17.0. The van der Waals surface area contributed by atoms with E-state index >= 15 is 0 Å². The highest BCUT2D eigenvalue weighted by Crippen LogP contribution is 2.30. The van der Waals surface area contributed by atoms with Gasteiger partial charge in [0.25, 0.3) is 0 Å². The second-order valence-corrected chi connectivity index (χ2v) is 8.65. The molecule has 1 aliphatic heterocycles. The molecular weight excluding hydrogens is 326 g/mol. The average molecular weight is 349 g/mol. The van der Waals surface area contributed by atoms with Crippen molar-refractivity contribution in [3.63, 3.8) is 0 Å². The van der Waals surface area contributed by atoms with Gasteiger partial charge >= 0.3 is 0 Å². The van der Waals surface area contributed by atoms with Crippen LogP contribution < -0.4 is 10.1 Å². The maximum absolute atomic E-state index is 11.7. The molecule has 1 aromatic carbocycles. The zero-order valence-electron chi connectivity index (χ0n) is 13.8. The molecule has 0 saturated carbocycles. The van der Waals surface area contributed by atoms with Gasteiger partial charge in [-0.15, -0.1) is 0 Å². The van der Waals surface area contributed by atoms with E-state index in [1.807, 2.05) is 43.5 Å². The van der Waals surface area contributed by atoms with Crippen molar-refractivity contribution in [3.8, 4) is 5.75 Å². The van der Waals surface area contributed by atoms with Crippen molar-refractivity contribution >= 4 is 9.84 Å². The maximum atomic E-state index is 11.7. The Labute approximate surface area is 142 Å². The molecular formula is C17H23N3O3S. The van der Waals surface area contributed by atoms with Crippen LogP contribution in [0.15, 0.2) is 42.7 Å². The van der Waals surface area contributed by atoms with Crippen molar-refractivity contribution in [3.05, 3.63) is 48.3 Å². The van der Waals surface area contributed by atoms with E-state index in [0.717, 1.165) is 17.9 Å². The van der Waals surface area contributed by atoms with Crippen LogP contribution in [0.2, 0.25) is 0 Å². The predicted molar refractivity (Wildman–Crippen MR) is 92.8 cm³/mol. The molecule has 7 heteroatoms. The highest BCUT2D eigenvalue weighted by Gasteiger charge is 2.40. The van der Waals surface area contributed by atoms with E-state index in [1.165, 1.54) is 0 Å². The minimum atomic E-state index is -2.94. The molecule has 24 heavy (non-hydrogen) atoms. The van der Waals surface area contributed by atoms with E-state index in [9.17, 15) is 8.42 Å². The van der Waals surface area contributed by atoms with Crippen LogP contribution in [0.4, 0.5) is 0 Å². The number of ether oxygens (including phenoxy) is 1. The minimum Gasteiger partial charge on any atom is -0.492 e. The Balaban J connectivity index is 1.45. The lowest BCUT2D eigenvalue weighted by Gasteiger charge is -2.22. The van der Waals surface area contributed by atoms with Crippen LogP contribution in [-0.2, 0) is 21.9 Å². The van der Waals surface area contributed by atoms with Gasteiger partial charge < -0.3 is 10.1 Å². The van der Waals surface area contributed by atoms with Crippen LogP contribution in [0.5, 0.6) is 5.75 Å². The Bertz CT molecular complexity index is 773. The molecule has 2 aromatic rings. The summed E-state index contributed by atoms with van der Waals surface area (Å²) in [5.41, 5.74) is 0.619. The molecule has 0 aliphatic carbocycles. The van der Waals surface area contributed by atoms with Crippen LogP contribution in [-0.4, -0.2) is 42.9 Å². The molecule has 0 amide bonds. The third-order valence-electron chi connectivity index (χ3n) is 4.29. The van der Waals surface area contributed by atoms with Gasteiger partial charge in [0.1, 0.15) is 12.4 Å². The SMILES string of the molecule is CC1(n2cc(CNCCOc3ccccc3)cn2)CCS(=O)(=O)C1. The third kappa shape index (κ3) is 4.15. The highest BCUT2D eigenvalue weighted by molar-refractivity contribution is 7.91. The number of sulfone groups is 1. The van der Waals surface area contributed by atoms with Gasteiger partial charge in [0.05, 0.1) is 23.2 Å². The summed E-state index contributed by atoms with van der Waals surface area (Å²) in [6.45, 7) is 3.95. The van der Waals surface area contributed by atoms with Crippen LogP contribution in [0.3, 0.4) is 0 Å². The standard InChI is InChI=1S/C17H23N3O3S/c1-17(7-10-24(21,22)14-17)20-13-15(12-19-20)11-18-8-9-23-16-5-3-2-4-6-16/h2-6,12-13,18H,7-11,14H2,1H3. The normalized spacial score (nSPS) is 22.5. The lowest BCUT2D eigenvalue weighted by molar-refractivity contribution is 0.313. The first-order chi connectivity index (χ1) is 11.5. The van der Waals surface area contributed by atoms with Gasteiger partial charge in [-0.05, 0) is 25.5 Å². The first-order valence-electron chi connectivity index (χ1n) is 8.10. The van der Waals surface area contributed by atoms with Crippen molar-refractivity contribution in [2.75, 3.05) is 24.7 Å². The van der Waals surface area contributed by atoms with Gasteiger partial charge in [0.15, 0.2) is 9.84 Å². The molecule has 1 fully saturated rings. The Hall–Kier alpha value is -1.86. The molecule has 1 saturated heterocycles. The number of benzene rings is 1. The van der Waals surface area contributed by atoms with E-state index in [2.05, 4.69) is 10.4 Å². The Morgan fingerprint density at radius 2 is 2.12 bits per heavy atom. The summed E-state index contributed by atoms with van der Waals surface area (Å²) in [6.07, 6.45) is 4.35. The summed E-state index contributed by atoms with van der Waals surface area (Å²) >= 11 is 0. The Morgan fingerprint density at radius 1 is 1.33 bits per heavy atom. The molecule has 1 aromatic heterocycles.